The molecule has 14 heavy (non-hydrogen) atoms. The number of nitro groups is 1. The molecule has 5 heteroatoms. The van der Waals surface area contributed by atoms with E-state index in [4.69, 9.17) is 11.6 Å². The fourth-order valence-corrected chi connectivity index (χ4v) is 2.04. The molecule has 0 unspecified atom stereocenters. The number of nitrogens with zero attached hydrogens (tertiary/aromatic N) is 1. The van der Waals surface area contributed by atoms with E-state index in [2.05, 4.69) is 6.58 Å². The number of hydrogen-bond acceptors (Lipinski definition) is 3. The smallest absolute Gasteiger partial charge is 0.258 e. The van der Waals surface area contributed by atoms with Gasteiger partial charge in [0, 0.05) is 11.8 Å². The summed E-state index contributed by atoms with van der Waals surface area (Å²) in [7, 11) is 0. The average molecular weight is 230 g/mol. The second-order valence-corrected chi connectivity index (χ2v) is 3.88. The first-order valence-electron chi connectivity index (χ1n) is 3.83. The number of rotatable bonds is 4. The van der Waals surface area contributed by atoms with Crippen LogP contribution >= 0.6 is 23.4 Å². The highest BCUT2D eigenvalue weighted by Gasteiger charge is 2.15. The highest BCUT2D eigenvalue weighted by Crippen LogP contribution is 2.35. The van der Waals surface area contributed by atoms with Crippen LogP contribution in [0.4, 0.5) is 5.69 Å². The summed E-state index contributed by atoms with van der Waals surface area (Å²) in [4.78, 5) is 10.7. The number of thioether (sulfide) groups is 1. The van der Waals surface area contributed by atoms with Gasteiger partial charge < -0.3 is 0 Å². The van der Waals surface area contributed by atoms with E-state index >= 15 is 0 Å². The van der Waals surface area contributed by atoms with Gasteiger partial charge in [-0.05, 0) is 6.07 Å². The van der Waals surface area contributed by atoms with Crippen molar-refractivity contribution in [1.29, 1.82) is 0 Å². The fraction of sp³-hybridized carbons (Fsp3) is 0.111. The number of halogens is 1. The van der Waals surface area contributed by atoms with Crippen LogP contribution in [-0.4, -0.2) is 10.7 Å². The Balaban J connectivity index is 3.08. The predicted octanol–water partition coefficient (Wildman–Crippen LogP) is 3.53. The Morgan fingerprint density at radius 3 is 2.93 bits per heavy atom. The highest BCUT2D eigenvalue weighted by atomic mass is 35.5. The lowest BCUT2D eigenvalue weighted by atomic mass is 10.3. The number of nitro benzene ring substituents is 1. The summed E-state index contributed by atoms with van der Waals surface area (Å²) in [5.74, 6) is 0.602. The molecule has 0 atom stereocenters. The maximum atomic E-state index is 10.6. The van der Waals surface area contributed by atoms with E-state index in [1.54, 1.807) is 18.2 Å². The van der Waals surface area contributed by atoms with E-state index in [0.29, 0.717) is 15.7 Å². The summed E-state index contributed by atoms with van der Waals surface area (Å²) in [5, 5.41) is 11.1. The molecular formula is C9H8ClNO2S. The second kappa shape index (κ2) is 5.02. The van der Waals surface area contributed by atoms with E-state index in [1.165, 1.54) is 17.8 Å². The van der Waals surface area contributed by atoms with Crippen molar-refractivity contribution in [2.24, 2.45) is 0 Å². The Hall–Kier alpha value is -1.00. The summed E-state index contributed by atoms with van der Waals surface area (Å²) < 4.78 is 0. The summed E-state index contributed by atoms with van der Waals surface area (Å²) in [6.45, 7) is 3.55. The molecule has 0 fully saturated rings. The zero-order valence-corrected chi connectivity index (χ0v) is 8.85. The van der Waals surface area contributed by atoms with Gasteiger partial charge in [0.25, 0.3) is 5.69 Å². The molecule has 0 saturated carbocycles. The molecule has 0 amide bonds. The molecule has 0 radical (unpaired) electrons. The minimum Gasteiger partial charge on any atom is -0.258 e. The van der Waals surface area contributed by atoms with E-state index in [-0.39, 0.29) is 5.69 Å². The van der Waals surface area contributed by atoms with Crippen molar-refractivity contribution in [2.75, 3.05) is 5.75 Å². The summed E-state index contributed by atoms with van der Waals surface area (Å²) in [6.07, 6.45) is 1.68. The normalized spacial score (nSPS) is 9.79. The Morgan fingerprint density at radius 2 is 2.36 bits per heavy atom. The Labute approximate surface area is 90.9 Å². The lowest BCUT2D eigenvalue weighted by Gasteiger charge is -2.02. The zero-order chi connectivity index (χ0) is 10.6. The summed E-state index contributed by atoms with van der Waals surface area (Å²) >= 11 is 7.16. The molecule has 0 aliphatic carbocycles. The third kappa shape index (κ3) is 2.49. The first-order valence-corrected chi connectivity index (χ1v) is 5.19. The second-order valence-electron chi connectivity index (χ2n) is 2.44. The Bertz CT molecular complexity index is 368. The predicted molar refractivity (Wildman–Crippen MR) is 59.0 cm³/mol. The van der Waals surface area contributed by atoms with Crippen molar-refractivity contribution in [3.63, 3.8) is 0 Å². The number of hydrogen-bond donors (Lipinski definition) is 0. The quantitative estimate of drug-likeness (QED) is 0.343. The van der Waals surface area contributed by atoms with Gasteiger partial charge in [-0.3, -0.25) is 10.1 Å². The molecule has 0 aliphatic heterocycles. The molecule has 1 rings (SSSR count). The third-order valence-electron chi connectivity index (χ3n) is 1.49. The van der Waals surface area contributed by atoms with Crippen molar-refractivity contribution in [3.05, 3.63) is 46.0 Å². The monoisotopic (exact) mass is 229 g/mol. The van der Waals surface area contributed by atoms with Crippen LogP contribution < -0.4 is 0 Å². The molecule has 0 spiro atoms. The van der Waals surface area contributed by atoms with Gasteiger partial charge in [0.1, 0.15) is 4.90 Å². The van der Waals surface area contributed by atoms with Gasteiger partial charge in [-0.1, -0.05) is 23.7 Å². The minimum atomic E-state index is -0.433. The molecule has 0 aromatic heterocycles. The van der Waals surface area contributed by atoms with Gasteiger partial charge in [-0.25, -0.2) is 0 Å². The van der Waals surface area contributed by atoms with Gasteiger partial charge >= 0.3 is 0 Å². The van der Waals surface area contributed by atoms with Gasteiger partial charge in [-0.15, -0.1) is 18.3 Å². The molecule has 3 nitrogen and oxygen atoms in total. The zero-order valence-electron chi connectivity index (χ0n) is 7.27. The SMILES string of the molecule is C=CCSc1c(Cl)cccc1[N+](=O)[O-]. The molecule has 0 aliphatic rings. The minimum absolute atomic E-state index is 0.0457. The number of benzene rings is 1. The van der Waals surface area contributed by atoms with Crippen LogP contribution in [0.15, 0.2) is 35.7 Å². The maximum Gasteiger partial charge on any atom is 0.284 e. The van der Waals surface area contributed by atoms with Crippen LogP contribution in [-0.2, 0) is 0 Å². The molecular weight excluding hydrogens is 222 g/mol. The molecule has 0 bridgehead atoms. The van der Waals surface area contributed by atoms with Gasteiger partial charge in [0.15, 0.2) is 0 Å². The summed E-state index contributed by atoms with van der Waals surface area (Å²) in [6, 6.07) is 4.65. The van der Waals surface area contributed by atoms with Crippen LogP contribution in [0, 0.1) is 10.1 Å². The molecule has 0 heterocycles. The Morgan fingerprint density at radius 1 is 1.64 bits per heavy atom. The van der Waals surface area contributed by atoms with Crippen molar-refractivity contribution in [2.45, 2.75) is 4.90 Å². The topological polar surface area (TPSA) is 43.1 Å². The van der Waals surface area contributed by atoms with E-state index < -0.39 is 4.92 Å². The van der Waals surface area contributed by atoms with E-state index in [1.807, 2.05) is 0 Å². The molecule has 1 aromatic rings. The molecule has 74 valence electrons. The fourth-order valence-electron chi connectivity index (χ4n) is 0.926. The maximum absolute atomic E-state index is 10.6. The Kier molecular flexibility index (Phi) is 3.98. The lowest BCUT2D eigenvalue weighted by Crippen LogP contribution is -1.91. The standard InChI is InChI=1S/C9H8ClNO2S/c1-2-6-14-9-7(10)4-3-5-8(9)11(12)13/h2-5H,1,6H2. The van der Waals surface area contributed by atoms with E-state index in [9.17, 15) is 10.1 Å². The lowest BCUT2D eigenvalue weighted by molar-refractivity contribution is -0.387. The first kappa shape index (κ1) is 11.1. The van der Waals surface area contributed by atoms with Crippen LogP contribution in [0.3, 0.4) is 0 Å². The van der Waals surface area contributed by atoms with Gasteiger partial charge in [0.05, 0.1) is 9.95 Å². The molecule has 1 aromatic carbocycles. The average Bonchev–Trinajstić information content (AvgIpc) is 2.15. The van der Waals surface area contributed by atoms with Crippen molar-refractivity contribution in [3.8, 4) is 0 Å². The highest BCUT2D eigenvalue weighted by molar-refractivity contribution is 7.99. The van der Waals surface area contributed by atoms with Gasteiger partial charge in [0.2, 0.25) is 0 Å². The molecule has 0 N–H and O–H groups in total. The first-order chi connectivity index (χ1) is 6.66. The largest absolute Gasteiger partial charge is 0.284 e. The van der Waals surface area contributed by atoms with Crippen LogP contribution in [0.1, 0.15) is 0 Å². The van der Waals surface area contributed by atoms with Gasteiger partial charge in [-0.2, -0.15) is 0 Å². The van der Waals surface area contributed by atoms with Crippen molar-refractivity contribution >= 4 is 29.1 Å². The van der Waals surface area contributed by atoms with Crippen LogP contribution in [0.25, 0.3) is 0 Å². The van der Waals surface area contributed by atoms with E-state index in [0.717, 1.165) is 0 Å². The van der Waals surface area contributed by atoms with Crippen LogP contribution in [0.2, 0.25) is 5.02 Å². The summed E-state index contributed by atoms with van der Waals surface area (Å²) in [5.41, 5.74) is 0.0457. The van der Waals surface area contributed by atoms with Crippen molar-refractivity contribution in [1.82, 2.24) is 0 Å². The molecule has 0 saturated heterocycles. The third-order valence-corrected chi connectivity index (χ3v) is 3.04. The van der Waals surface area contributed by atoms with Crippen LogP contribution in [0.5, 0.6) is 0 Å². The van der Waals surface area contributed by atoms with Crippen molar-refractivity contribution < 1.29 is 4.92 Å².